The highest BCUT2D eigenvalue weighted by atomic mass is 32.1. The second kappa shape index (κ2) is 15.5. The van der Waals surface area contributed by atoms with Crippen LogP contribution in [0.5, 0.6) is 0 Å². The number of nitrogens with zero attached hydrogens (tertiary/aromatic N) is 2. The number of carbonyl (C=O) groups is 3. The first-order valence-electron chi connectivity index (χ1n) is 18.9. The van der Waals surface area contributed by atoms with E-state index >= 15 is 0 Å². The van der Waals surface area contributed by atoms with Crippen LogP contribution >= 0.6 is 59.3 Å². The highest BCUT2D eigenvalue weighted by Crippen LogP contribution is 2.54. The van der Waals surface area contributed by atoms with E-state index in [9.17, 15) is 14.4 Å². The first kappa shape index (κ1) is 38.2. The maximum atomic E-state index is 14.2. The molecule has 4 aromatic carbocycles. The number of ether oxygens (including phenoxy) is 2. The van der Waals surface area contributed by atoms with Crippen molar-refractivity contribution in [1.29, 1.82) is 0 Å². The number of thiazole rings is 2. The lowest BCUT2D eigenvalue weighted by molar-refractivity contribution is -0.138. The van der Waals surface area contributed by atoms with E-state index in [-0.39, 0.29) is 24.6 Å². The van der Waals surface area contributed by atoms with Crippen molar-refractivity contribution in [2.24, 2.45) is 0 Å². The summed E-state index contributed by atoms with van der Waals surface area (Å²) < 4.78 is 11.9. The van der Waals surface area contributed by atoms with Crippen molar-refractivity contribution in [3.63, 3.8) is 0 Å². The summed E-state index contributed by atoms with van der Waals surface area (Å²) in [5, 5.41) is 1.09. The molecule has 7 nitrogen and oxygen atoms in total. The molecule has 2 atom stereocenters. The molecular formula is C48H28N2O5S5. The fourth-order valence-electron chi connectivity index (χ4n) is 7.85. The van der Waals surface area contributed by atoms with E-state index in [1.165, 1.54) is 22.7 Å². The molecule has 60 heavy (non-hydrogen) atoms. The summed E-state index contributed by atoms with van der Waals surface area (Å²) >= 11 is 20.3. The maximum absolute atomic E-state index is 14.2. The molecule has 4 aliphatic rings. The number of thiocarbonyl (C=S) groups is 3. The van der Waals surface area contributed by atoms with Gasteiger partial charge in [-0.25, -0.2) is 19.6 Å². The fourth-order valence-corrected chi connectivity index (χ4v) is 11.2. The van der Waals surface area contributed by atoms with Gasteiger partial charge in [0.05, 0.1) is 37.1 Å². The van der Waals surface area contributed by atoms with Gasteiger partial charge in [0.1, 0.15) is 23.2 Å². The molecule has 2 unspecified atom stereocenters. The van der Waals surface area contributed by atoms with Gasteiger partial charge in [-0.1, -0.05) is 158 Å². The molecule has 0 radical (unpaired) electrons. The molecule has 290 valence electrons. The van der Waals surface area contributed by atoms with Gasteiger partial charge in [0, 0.05) is 55.0 Å². The van der Waals surface area contributed by atoms with Gasteiger partial charge in [-0.05, 0) is 23.3 Å². The summed E-state index contributed by atoms with van der Waals surface area (Å²) in [6.45, 7) is 0.130. The van der Waals surface area contributed by atoms with Crippen LogP contribution in [-0.2, 0) is 32.3 Å². The Bertz CT molecular complexity index is 2730. The molecule has 0 spiro atoms. The topological polar surface area (TPSA) is 95.5 Å². The Hall–Kier alpha value is -6.02. The molecule has 0 saturated heterocycles. The van der Waals surface area contributed by atoms with Crippen LogP contribution in [-0.4, -0.2) is 42.3 Å². The average molecular weight is 873 g/mol. The minimum atomic E-state index is -0.548. The number of benzene rings is 4. The van der Waals surface area contributed by atoms with Crippen molar-refractivity contribution in [2.75, 3.05) is 0 Å². The number of Topliss-reactive ketones (excluding diaryl/α,β-unsaturated/α-hetero) is 1. The van der Waals surface area contributed by atoms with Crippen LogP contribution in [0.1, 0.15) is 81.2 Å². The molecule has 0 bridgehead atoms. The lowest BCUT2D eigenvalue weighted by Gasteiger charge is -2.30. The Labute approximate surface area is 368 Å². The molecule has 0 fully saturated rings. The predicted octanol–water partition coefficient (Wildman–Crippen LogP) is 10.3. The monoisotopic (exact) mass is 872 g/mol. The zero-order valence-corrected chi connectivity index (χ0v) is 35.3. The third kappa shape index (κ3) is 6.70. The van der Waals surface area contributed by atoms with Gasteiger partial charge < -0.3 is 9.47 Å². The minimum Gasteiger partial charge on any atom is -0.457 e. The van der Waals surface area contributed by atoms with Crippen molar-refractivity contribution >= 4 is 115 Å². The second-order valence-corrected chi connectivity index (χ2v) is 17.7. The molecule has 10 rings (SSSR count). The summed E-state index contributed by atoms with van der Waals surface area (Å²) in [5.41, 5.74) is 7.26. The van der Waals surface area contributed by atoms with E-state index in [0.29, 0.717) is 63.8 Å². The van der Waals surface area contributed by atoms with E-state index in [1.54, 1.807) is 12.1 Å². The van der Waals surface area contributed by atoms with Gasteiger partial charge in [-0.3, -0.25) is 4.79 Å². The predicted molar refractivity (Wildman–Crippen MR) is 246 cm³/mol. The fraction of sp³-hybridized carbons (Fsp3) is 0.0833. The van der Waals surface area contributed by atoms with Crippen LogP contribution in [0.15, 0.2) is 132 Å². The first-order chi connectivity index (χ1) is 29.2. The van der Waals surface area contributed by atoms with E-state index in [0.717, 1.165) is 32.0 Å². The van der Waals surface area contributed by atoms with Crippen LogP contribution < -0.4 is 0 Å². The largest absolute Gasteiger partial charge is 0.457 e. The van der Waals surface area contributed by atoms with Gasteiger partial charge in [0.15, 0.2) is 5.78 Å². The zero-order chi connectivity index (χ0) is 41.1. The Kier molecular flexibility index (Phi) is 9.89. The number of hydrogen-bond donors (Lipinski definition) is 0. The van der Waals surface area contributed by atoms with Crippen molar-refractivity contribution in [2.45, 2.75) is 25.0 Å². The van der Waals surface area contributed by atoms with Gasteiger partial charge in [-0.15, -0.1) is 22.7 Å². The van der Waals surface area contributed by atoms with Crippen molar-refractivity contribution < 1.29 is 23.9 Å². The number of ketones is 1. The number of rotatable bonds is 8. The number of hydrogen-bond acceptors (Lipinski definition) is 12. The highest BCUT2D eigenvalue weighted by Gasteiger charge is 2.43. The number of esters is 2. The Morgan fingerprint density at radius 1 is 0.550 bits per heavy atom. The quantitative estimate of drug-likeness (QED) is 0.0836. The number of carbonyl (C=O) groups excluding carboxylic acids is 3. The molecule has 0 N–H and O–H groups in total. The second-order valence-electron chi connectivity index (χ2n) is 14.4. The number of aromatic nitrogens is 2. The molecule has 0 saturated carbocycles. The molecule has 2 aromatic heterocycles. The van der Waals surface area contributed by atoms with Crippen molar-refractivity contribution in [1.82, 2.24) is 9.97 Å². The van der Waals surface area contributed by atoms with Crippen LogP contribution in [0.2, 0.25) is 0 Å². The summed E-state index contributed by atoms with van der Waals surface area (Å²) in [6, 6.07) is 34.0. The summed E-state index contributed by atoms with van der Waals surface area (Å²) in [5.74, 6) is -2.13. The lowest BCUT2D eigenvalue weighted by atomic mass is 9.76. The summed E-state index contributed by atoms with van der Waals surface area (Å²) in [6.07, 6.45) is 7.33. The van der Waals surface area contributed by atoms with Crippen molar-refractivity contribution in [3.05, 3.63) is 197 Å². The Balaban J connectivity index is 1.09. The SMILES string of the molecule is O=C(OCc1ccccc1)C1=CC2c3sc(/C=C4/C(=O)c5ccccc5C4=S)nc3C(C(=O)OCc3ccccc3)=CC2c2sc(C=C3C(=S)c4ccccc4C3=S)nc21. The number of allylic oxidation sites excluding steroid dienone is 4. The normalized spacial score (nSPS) is 17.9. The Morgan fingerprint density at radius 2 is 0.933 bits per heavy atom. The molecule has 12 heteroatoms. The molecule has 0 aliphatic heterocycles. The zero-order valence-electron chi connectivity index (χ0n) is 31.2. The lowest BCUT2D eigenvalue weighted by Crippen LogP contribution is -2.23. The molecule has 4 aliphatic carbocycles. The van der Waals surface area contributed by atoms with Crippen LogP contribution in [0.25, 0.3) is 23.3 Å². The molecule has 2 heterocycles. The number of fused-ring (bicyclic) bond motifs is 7. The maximum Gasteiger partial charge on any atom is 0.340 e. The molecular weight excluding hydrogens is 845 g/mol. The smallest absolute Gasteiger partial charge is 0.340 e. The van der Waals surface area contributed by atoms with Gasteiger partial charge >= 0.3 is 11.9 Å². The van der Waals surface area contributed by atoms with Gasteiger partial charge in [0.25, 0.3) is 0 Å². The molecule has 6 aromatic rings. The van der Waals surface area contributed by atoms with E-state index in [1.807, 2.05) is 121 Å². The van der Waals surface area contributed by atoms with Crippen LogP contribution in [0.4, 0.5) is 0 Å². The summed E-state index contributed by atoms with van der Waals surface area (Å²) in [4.78, 5) is 55.2. The van der Waals surface area contributed by atoms with Gasteiger partial charge in [0.2, 0.25) is 0 Å². The minimum absolute atomic E-state index is 0.0611. The van der Waals surface area contributed by atoms with Crippen molar-refractivity contribution in [3.8, 4) is 0 Å². The first-order valence-corrected chi connectivity index (χ1v) is 21.8. The van der Waals surface area contributed by atoms with Crippen LogP contribution in [0.3, 0.4) is 0 Å². The molecule has 0 amide bonds. The van der Waals surface area contributed by atoms with E-state index in [2.05, 4.69) is 0 Å². The summed E-state index contributed by atoms with van der Waals surface area (Å²) in [7, 11) is 0. The van der Waals surface area contributed by atoms with E-state index in [4.69, 9.17) is 56.1 Å². The Morgan fingerprint density at radius 3 is 1.38 bits per heavy atom. The highest BCUT2D eigenvalue weighted by molar-refractivity contribution is 7.84. The van der Waals surface area contributed by atoms with Crippen LogP contribution in [0, 0.1) is 0 Å². The van der Waals surface area contributed by atoms with Gasteiger partial charge in [-0.2, -0.15) is 0 Å². The standard InChI is InChI=1S/C48H28N2O5S5/c51-41-27-15-7-8-16-28(27)42(56)35(41)21-37-49-39-33(47(52)54-23-25-11-3-1-4-12-25)20-32-31(45(39)59-37)19-34(48(53)55-24-26-13-5-2-6-14-26)40-46(32)60-38(50-40)22-36-43(57)29-17-9-10-18-30(29)44(36)58/h1-22,31-32H,23-24H2/b35-21-. The third-order valence-corrected chi connectivity index (χ3v) is 14.3. The van der Waals surface area contributed by atoms with E-state index < -0.39 is 23.8 Å². The average Bonchev–Trinajstić information content (AvgIpc) is 4.03. The third-order valence-electron chi connectivity index (χ3n) is 10.7.